The first-order valence-corrected chi connectivity index (χ1v) is 4.18. The molecule has 1 heterocycles. The van der Waals surface area contributed by atoms with Crippen molar-refractivity contribution in [1.29, 1.82) is 0 Å². The summed E-state index contributed by atoms with van der Waals surface area (Å²) in [5.41, 5.74) is 5.37. The molecule has 0 spiro atoms. The zero-order chi connectivity index (χ0) is 10.3. The van der Waals surface area contributed by atoms with Gasteiger partial charge in [-0.1, -0.05) is 11.6 Å². The molecule has 2 rings (SSSR count). The van der Waals surface area contributed by atoms with Gasteiger partial charge in [-0.3, -0.25) is 4.79 Å². The van der Waals surface area contributed by atoms with Crippen molar-refractivity contribution in [3.63, 3.8) is 0 Å². The topological polar surface area (TPSA) is 76.5 Å². The van der Waals surface area contributed by atoms with E-state index in [4.69, 9.17) is 21.8 Å². The van der Waals surface area contributed by atoms with E-state index in [9.17, 15) is 9.90 Å². The Hall–Kier alpha value is -1.68. The van der Waals surface area contributed by atoms with Gasteiger partial charge in [0.05, 0.1) is 5.39 Å². The molecule has 1 aromatic heterocycles. The van der Waals surface area contributed by atoms with Crippen molar-refractivity contribution >= 4 is 28.5 Å². The summed E-state index contributed by atoms with van der Waals surface area (Å²) in [6, 6.07) is 4.66. The number of nitrogens with two attached hydrogens (primary N) is 1. The lowest BCUT2D eigenvalue weighted by molar-refractivity contribution is 0.0972. The predicted molar refractivity (Wildman–Crippen MR) is 51.4 cm³/mol. The first kappa shape index (κ1) is 8.90. The smallest absolute Gasteiger partial charge is 0.288 e. The summed E-state index contributed by atoms with van der Waals surface area (Å²) in [4.78, 5) is 10.8. The van der Waals surface area contributed by atoms with Crippen LogP contribution in [0.15, 0.2) is 22.6 Å². The summed E-state index contributed by atoms with van der Waals surface area (Å²) in [5.74, 6) is -1.33. The Morgan fingerprint density at radius 2 is 2.21 bits per heavy atom. The summed E-state index contributed by atoms with van der Waals surface area (Å²) in [7, 11) is 0. The lowest BCUT2D eigenvalue weighted by Crippen LogP contribution is -2.09. The van der Waals surface area contributed by atoms with Crippen LogP contribution in [0.2, 0.25) is 5.02 Å². The Bertz CT molecular complexity index is 518. The van der Waals surface area contributed by atoms with Crippen LogP contribution in [0.4, 0.5) is 0 Å². The number of carbonyl (C=O) groups excluding carboxylic acids is 1. The van der Waals surface area contributed by atoms with Crippen molar-refractivity contribution in [1.82, 2.24) is 0 Å². The standard InChI is InChI=1S/C9H6ClNO3/c10-4-1-2-6-5(3-4)7(12)8(14-6)9(11)13/h1-3,12H,(H2,11,13). The Morgan fingerprint density at radius 1 is 1.50 bits per heavy atom. The number of primary amides is 1. The Balaban J connectivity index is 2.80. The number of fused-ring (bicyclic) bond motifs is 1. The highest BCUT2D eigenvalue weighted by molar-refractivity contribution is 6.31. The molecule has 0 fully saturated rings. The van der Waals surface area contributed by atoms with Crippen molar-refractivity contribution in [2.75, 3.05) is 0 Å². The van der Waals surface area contributed by atoms with Gasteiger partial charge in [-0.05, 0) is 18.2 Å². The third kappa shape index (κ3) is 1.20. The van der Waals surface area contributed by atoms with Gasteiger partial charge in [0.2, 0.25) is 5.76 Å². The second-order valence-electron chi connectivity index (χ2n) is 2.78. The summed E-state index contributed by atoms with van der Waals surface area (Å²) < 4.78 is 5.03. The van der Waals surface area contributed by atoms with E-state index in [1.165, 1.54) is 6.07 Å². The molecule has 0 saturated heterocycles. The fraction of sp³-hybridized carbons (Fsp3) is 0. The minimum absolute atomic E-state index is 0.248. The molecule has 0 atom stereocenters. The van der Waals surface area contributed by atoms with Gasteiger partial charge in [0.15, 0.2) is 5.75 Å². The number of hydrogen-bond donors (Lipinski definition) is 2. The summed E-state index contributed by atoms with van der Waals surface area (Å²) >= 11 is 5.71. The number of hydrogen-bond acceptors (Lipinski definition) is 3. The minimum Gasteiger partial charge on any atom is -0.504 e. The van der Waals surface area contributed by atoms with E-state index in [0.29, 0.717) is 16.0 Å². The van der Waals surface area contributed by atoms with Crippen molar-refractivity contribution in [2.24, 2.45) is 5.73 Å². The van der Waals surface area contributed by atoms with E-state index in [0.717, 1.165) is 0 Å². The van der Waals surface area contributed by atoms with Crippen LogP contribution in [0.1, 0.15) is 10.6 Å². The van der Waals surface area contributed by atoms with E-state index in [2.05, 4.69) is 0 Å². The predicted octanol–water partition coefficient (Wildman–Crippen LogP) is 1.89. The van der Waals surface area contributed by atoms with Gasteiger partial charge in [0.25, 0.3) is 5.91 Å². The fourth-order valence-corrected chi connectivity index (χ4v) is 1.40. The van der Waals surface area contributed by atoms with Crippen molar-refractivity contribution in [2.45, 2.75) is 0 Å². The molecule has 0 unspecified atom stereocenters. The van der Waals surface area contributed by atoms with Crippen LogP contribution < -0.4 is 5.73 Å². The number of furan rings is 1. The van der Waals surface area contributed by atoms with Crippen molar-refractivity contribution < 1.29 is 14.3 Å². The molecule has 0 aliphatic rings. The van der Waals surface area contributed by atoms with E-state index >= 15 is 0 Å². The molecule has 4 nitrogen and oxygen atoms in total. The van der Waals surface area contributed by atoms with Gasteiger partial charge < -0.3 is 15.3 Å². The Kier molecular flexibility index (Phi) is 1.86. The Morgan fingerprint density at radius 3 is 2.86 bits per heavy atom. The van der Waals surface area contributed by atoms with Crippen LogP contribution in [-0.4, -0.2) is 11.0 Å². The second-order valence-corrected chi connectivity index (χ2v) is 3.22. The number of carbonyl (C=O) groups is 1. The van der Waals surface area contributed by atoms with E-state index in [1.54, 1.807) is 12.1 Å². The third-order valence-corrected chi connectivity index (χ3v) is 2.08. The third-order valence-electron chi connectivity index (χ3n) is 1.85. The number of aromatic hydroxyl groups is 1. The monoisotopic (exact) mass is 211 g/mol. The van der Waals surface area contributed by atoms with Crippen LogP contribution >= 0.6 is 11.6 Å². The lowest BCUT2D eigenvalue weighted by Gasteiger charge is -1.89. The molecule has 14 heavy (non-hydrogen) atoms. The molecule has 0 bridgehead atoms. The van der Waals surface area contributed by atoms with Crippen LogP contribution in [0, 0.1) is 0 Å². The molecule has 72 valence electrons. The van der Waals surface area contributed by atoms with E-state index < -0.39 is 5.91 Å². The lowest BCUT2D eigenvalue weighted by atomic mass is 10.2. The molecular formula is C9H6ClNO3. The maximum absolute atomic E-state index is 10.8. The van der Waals surface area contributed by atoms with Crippen molar-refractivity contribution in [3.8, 4) is 5.75 Å². The van der Waals surface area contributed by atoms with Gasteiger partial charge in [-0.25, -0.2) is 0 Å². The molecule has 0 aliphatic carbocycles. The largest absolute Gasteiger partial charge is 0.504 e. The highest BCUT2D eigenvalue weighted by Crippen LogP contribution is 2.33. The highest BCUT2D eigenvalue weighted by Gasteiger charge is 2.17. The van der Waals surface area contributed by atoms with Gasteiger partial charge in [0, 0.05) is 5.02 Å². The normalized spacial score (nSPS) is 10.6. The first-order chi connectivity index (χ1) is 6.59. The van der Waals surface area contributed by atoms with Gasteiger partial charge >= 0.3 is 0 Å². The van der Waals surface area contributed by atoms with E-state index in [1.807, 2.05) is 0 Å². The van der Waals surface area contributed by atoms with E-state index in [-0.39, 0.29) is 11.5 Å². The number of halogens is 1. The number of benzene rings is 1. The van der Waals surface area contributed by atoms with Crippen LogP contribution in [0.25, 0.3) is 11.0 Å². The van der Waals surface area contributed by atoms with Crippen molar-refractivity contribution in [3.05, 3.63) is 29.0 Å². The fourth-order valence-electron chi connectivity index (χ4n) is 1.22. The molecule has 5 heteroatoms. The first-order valence-electron chi connectivity index (χ1n) is 3.80. The van der Waals surface area contributed by atoms with Gasteiger partial charge in [0.1, 0.15) is 5.58 Å². The maximum Gasteiger partial charge on any atom is 0.288 e. The second kappa shape index (κ2) is 2.92. The molecule has 0 aliphatic heterocycles. The molecule has 3 N–H and O–H groups in total. The van der Waals surface area contributed by atoms with Gasteiger partial charge in [-0.2, -0.15) is 0 Å². The average molecular weight is 212 g/mol. The highest BCUT2D eigenvalue weighted by atomic mass is 35.5. The Labute approximate surface area is 83.9 Å². The SMILES string of the molecule is NC(=O)c1oc2ccc(Cl)cc2c1O. The van der Waals surface area contributed by atoms with Gasteiger partial charge in [-0.15, -0.1) is 0 Å². The summed E-state index contributed by atoms with van der Waals surface area (Å²) in [6.07, 6.45) is 0. The number of rotatable bonds is 1. The summed E-state index contributed by atoms with van der Waals surface area (Å²) in [6.45, 7) is 0. The average Bonchev–Trinajstić information content (AvgIpc) is 2.44. The summed E-state index contributed by atoms with van der Waals surface area (Å²) in [5, 5.41) is 10.4. The maximum atomic E-state index is 10.8. The zero-order valence-electron chi connectivity index (χ0n) is 6.95. The molecule has 1 amide bonds. The molecule has 0 saturated carbocycles. The quantitative estimate of drug-likeness (QED) is 0.756. The van der Waals surface area contributed by atoms with Crippen LogP contribution in [0.5, 0.6) is 5.75 Å². The van der Waals surface area contributed by atoms with Crippen LogP contribution in [-0.2, 0) is 0 Å². The molecule has 1 aromatic carbocycles. The molecular weight excluding hydrogens is 206 g/mol. The molecule has 0 radical (unpaired) electrons. The molecule has 2 aromatic rings. The number of amides is 1. The minimum atomic E-state index is -0.810. The zero-order valence-corrected chi connectivity index (χ0v) is 7.71. The van der Waals surface area contributed by atoms with Crippen LogP contribution in [0.3, 0.4) is 0 Å².